The molecule has 1 fully saturated rings. The van der Waals surface area contributed by atoms with Gasteiger partial charge in [-0.25, -0.2) is 4.98 Å². The van der Waals surface area contributed by atoms with Gasteiger partial charge in [0.2, 0.25) is 0 Å². The van der Waals surface area contributed by atoms with Crippen LogP contribution in [0.3, 0.4) is 0 Å². The first kappa shape index (κ1) is 18.6. The van der Waals surface area contributed by atoms with Crippen LogP contribution in [0.5, 0.6) is 0 Å². The van der Waals surface area contributed by atoms with Gasteiger partial charge in [0.1, 0.15) is 5.69 Å². The SMILES string of the molecule is CN1CCN(C(=O)c2nc(C(=O)NCc3ccccn3)c3n2CCCC3)CC1. The molecule has 2 aromatic heterocycles. The van der Waals surface area contributed by atoms with Crippen molar-refractivity contribution in [2.45, 2.75) is 32.4 Å². The van der Waals surface area contributed by atoms with Gasteiger partial charge in [-0.2, -0.15) is 0 Å². The minimum absolute atomic E-state index is 0.0694. The normalized spacial score (nSPS) is 17.2. The smallest absolute Gasteiger partial charge is 0.289 e. The van der Waals surface area contributed by atoms with E-state index in [2.05, 4.69) is 27.2 Å². The third kappa shape index (κ3) is 3.77. The second-order valence-electron chi connectivity index (χ2n) is 7.44. The topological polar surface area (TPSA) is 83.4 Å². The molecule has 0 aliphatic carbocycles. The van der Waals surface area contributed by atoms with Crippen LogP contribution in [0.25, 0.3) is 0 Å². The van der Waals surface area contributed by atoms with E-state index in [0.29, 0.717) is 31.2 Å². The molecule has 4 rings (SSSR count). The fraction of sp³-hybridized carbons (Fsp3) is 0.500. The summed E-state index contributed by atoms with van der Waals surface area (Å²) in [5.41, 5.74) is 2.05. The molecule has 0 spiro atoms. The monoisotopic (exact) mass is 382 g/mol. The Morgan fingerprint density at radius 3 is 2.68 bits per heavy atom. The number of carbonyl (C=O) groups excluding carboxylic acids is 2. The van der Waals surface area contributed by atoms with E-state index in [4.69, 9.17) is 0 Å². The first-order chi connectivity index (χ1) is 13.6. The molecule has 28 heavy (non-hydrogen) atoms. The highest BCUT2D eigenvalue weighted by molar-refractivity contribution is 5.97. The van der Waals surface area contributed by atoms with Crippen molar-refractivity contribution in [1.82, 2.24) is 29.7 Å². The largest absolute Gasteiger partial charge is 0.345 e. The van der Waals surface area contributed by atoms with E-state index in [1.54, 1.807) is 6.20 Å². The fourth-order valence-corrected chi connectivity index (χ4v) is 3.80. The standard InChI is InChI=1S/C20H26N6O2/c1-24-10-12-25(13-11-24)20(28)18-23-17(16-7-3-5-9-26(16)18)19(27)22-14-15-6-2-4-8-21-15/h2,4,6,8H,3,5,7,9-14H2,1H3,(H,22,27). The molecule has 2 aromatic rings. The molecular formula is C20H26N6O2. The van der Waals surface area contributed by atoms with Gasteiger partial charge in [-0.15, -0.1) is 0 Å². The lowest BCUT2D eigenvalue weighted by molar-refractivity contribution is 0.0645. The van der Waals surface area contributed by atoms with Crippen LogP contribution >= 0.6 is 0 Å². The van der Waals surface area contributed by atoms with Crippen LogP contribution in [0.4, 0.5) is 0 Å². The summed E-state index contributed by atoms with van der Waals surface area (Å²) in [7, 11) is 2.06. The highest BCUT2D eigenvalue weighted by atomic mass is 16.2. The summed E-state index contributed by atoms with van der Waals surface area (Å²) >= 11 is 0. The first-order valence-electron chi connectivity index (χ1n) is 9.89. The molecule has 0 aromatic carbocycles. The Morgan fingerprint density at radius 1 is 1.11 bits per heavy atom. The van der Waals surface area contributed by atoms with Crippen molar-refractivity contribution in [3.8, 4) is 0 Å². The molecule has 0 unspecified atom stereocenters. The zero-order valence-electron chi connectivity index (χ0n) is 16.2. The Bertz CT molecular complexity index is 855. The van der Waals surface area contributed by atoms with Gasteiger partial charge < -0.3 is 19.7 Å². The molecule has 1 saturated heterocycles. The summed E-state index contributed by atoms with van der Waals surface area (Å²) in [6.07, 6.45) is 4.48. The van der Waals surface area contributed by atoms with Crippen molar-refractivity contribution in [2.75, 3.05) is 33.2 Å². The van der Waals surface area contributed by atoms with E-state index in [1.807, 2.05) is 27.7 Å². The average Bonchev–Trinajstić information content (AvgIpc) is 3.13. The van der Waals surface area contributed by atoms with Gasteiger partial charge >= 0.3 is 0 Å². The van der Waals surface area contributed by atoms with Crippen LogP contribution in [-0.4, -0.2) is 69.4 Å². The number of nitrogens with zero attached hydrogens (tertiary/aromatic N) is 5. The number of piperazine rings is 1. The molecule has 4 heterocycles. The Hall–Kier alpha value is -2.74. The minimum Gasteiger partial charge on any atom is -0.345 e. The number of amides is 2. The summed E-state index contributed by atoms with van der Waals surface area (Å²) in [6, 6.07) is 5.60. The number of imidazole rings is 1. The van der Waals surface area contributed by atoms with Gasteiger partial charge in [0, 0.05) is 38.9 Å². The van der Waals surface area contributed by atoms with Crippen molar-refractivity contribution in [2.24, 2.45) is 0 Å². The second kappa shape index (κ2) is 8.10. The zero-order valence-corrected chi connectivity index (χ0v) is 16.2. The molecule has 8 nitrogen and oxygen atoms in total. The second-order valence-corrected chi connectivity index (χ2v) is 7.44. The molecule has 148 valence electrons. The number of hydrogen-bond donors (Lipinski definition) is 1. The van der Waals surface area contributed by atoms with Crippen molar-refractivity contribution < 1.29 is 9.59 Å². The molecule has 2 aliphatic heterocycles. The molecular weight excluding hydrogens is 356 g/mol. The maximum atomic E-state index is 13.1. The van der Waals surface area contributed by atoms with Crippen LogP contribution in [0.15, 0.2) is 24.4 Å². The maximum absolute atomic E-state index is 13.1. The van der Waals surface area contributed by atoms with Crippen molar-refractivity contribution in [3.05, 3.63) is 47.3 Å². The summed E-state index contributed by atoms with van der Waals surface area (Å²) in [6.45, 7) is 4.18. The Morgan fingerprint density at radius 2 is 1.93 bits per heavy atom. The summed E-state index contributed by atoms with van der Waals surface area (Å²) in [4.78, 5) is 38.7. The van der Waals surface area contributed by atoms with Gasteiger partial charge in [-0.1, -0.05) is 6.07 Å². The maximum Gasteiger partial charge on any atom is 0.289 e. The summed E-state index contributed by atoms with van der Waals surface area (Å²) in [5, 5.41) is 2.89. The molecule has 0 bridgehead atoms. The number of rotatable bonds is 4. The lowest BCUT2D eigenvalue weighted by atomic mass is 10.1. The number of fused-ring (bicyclic) bond motifs is 1. The van der Waals surface area contributed by atoms with E-state index in [1.165, 1.54) is 0 Å². The number of carbonyl (C=O) groups is 2. The third-order valence-electron chi connectivity index (χ3n) is 5.47. The number of likely N-dealkylation sites (N-methyl/N-ethyl adjacent to an activating group) is 1. The summed E-state index contributed by atoms with van der Waals surface area (Å²) in [5.74, 6) is 0.0935. The van der Waals surface area contributed by atoms with Gasteiger partial charge in [-0.05, 0) is 38.4 Å². The molecule has 2 aliphatic rings. The number of hydrogen-bond acceptors (Lipinski definition) is 5. The number of pyridine rings is 1. The van der Waals surface area contributed by atoms with Crippen molar-refractivity contribution >= 4 is 11.8 Å². The third-order valence-corrected chi connectivity index (χ3v) is 5.47. The van der Waals surface area contributed by atoms with Crippen LogP contribution in [0, 0.1) is 0 Å². The van der Waals surface area contributed by atoms with Gasteiger partial charge in [0.15, 0.2) is 5.82 Å². The van der Waals surface area contributed by atoms with Crippen molar-refractivity contribution in [3.63, 3.8) is 0 Å². The molecule has 8 heteroatoms. The Labute approximate surface area is 164 Å². The van der Waals surface area contributed by atoms with Crippen LogP contribution in [-0.2, 0) is 19.5 Å². The molecule has 2 amide bonds. The van der Waals surface area contributed by atoms with E-state index < -0.39 is 0 Å². The van der Waals surface area contributed by atoms with Gasteiger partial charge in [0.25, 0.3) is 11.8 Å². The Kier molecular flexibility index (Phi) is 5.38. The predicted molar refractivity (Wildman–Crippen MR) is 104 cm³/mol. The quantitative estimate of drug-likeness (QED) is 0.851. The lowest BCUT2D eigenvalue weighted by Gasteiger charge is -2.32. The predicted octanol–water partition coefficient (Wildman–Crippen LogP) is 0.932. The Balaban J connectivity index is 1.54. The van der Waals surface area contributed by atoms with Crippen LogP contribution in [0.1, 0.15) is 45.3 Å². The van der Waals surface area contributed by atoms with Gasteiger partial charge in [0.05, 0.1) is 17.9 Å². The molecule has 0 radical (unpaired) electrons. The van der Waals surface area contributed by atoms with Crippen molar-refractivity contribution in [1.29, 1.82) is 0 Å². The average molecular weight is 382 g/mol. The highest BCUT2D eigenvalue weighted by Crippen LogP contribution is 2.22. The number of nitrogens with one attached hydrogen (secondary N) is 1. The zero-order chi connectivity index (χ0) is 19.5. The lowest BCUT2D eigenvalue weighted by Crippen LogP contribution is -2.47. The van der Waals surface area contributed by atoms with E-state index in [0.717, 1.165) is 50.3 Å². The first-order valence-corrected chi connectivity index (χ1v) is 9.89. The number of aromatic nitrogens is 3. The van der Waals surface area contributed by atoms with Crippen LogP contribution in [0.2, 0.25) is 0 Å². The fourth-order valence-electron chi connectivity index (χ4n) is 3.80. The van der Waals surface area contributed by atoms with E-state index in [-0.39, 0.29) is 11.8 Å². The minimum atomic E-state index is -0.242. The van der Waals surface area contributed by atoms with Gasteiger partial charge in [-0.3, -0.25) is 14.6 Å². The summed E-state index contributed by atoms with van der Waals surface area (Å²) < 4.78 is 1.96. The molecule has 0 atom stereocenters. The molecule has 1 N–H and O–H groups in total. The van der Waals surface area contributed by atoms with Crippen LogP contribution < -0.4 is 5.32 Å². The van der Waals surface area contributed by atoms with E-state index >= 15 is 0 Å². The van der Waals surface area contributed by atoms with E-state index in [9.17, 15) is 9.59 Å². The molecule has 0 saturated carbocycles. The highest BCUT2D eigenvalue weighted by Gasteiger charge is 2.30.